The predicted octanol–water partition coefficient (Wildman–Crippen LogP) is 4.24. The zero-order valence-corrected chi connectivity index (χ0v) is 10.9. The number of hydrogen-bond acceptors (Lipinski definition) is 1. The first kappa shape index (κ1) is 11.8. The Morgan fingerprint density at radius 2 is 1.94 bits per heavy atom. The molecule has 0 spiro atoms. The Bertz CT molecular complexity index is 458. The zero-order chi connectivity index (χ0) is 12.5. The van der Waals surface area contributed by atoms with Crippen LogP contribution in [-0.2, 0) is 0 Å². The van der Waals surface area contributed by atoms with Crippen molar-refractivity contribution in [2.45, 2.75) is 38.6 Å². The third kappa shape index (κ3) is 2.16. The summed E-state index contributed by atoms with van der Waals surface area (Å²) in [4.78, 5) is 2.39. The predicted molar refractivity (Wildman–Crippen MR) is 74.2 cm³/mol. The molecular weight excluding hydrogens is 225 g/mol. The number of fused-ring (bicyclic) bond motifs is 1. The number of nitrogens with zero attached hydrogens (tertiary/aromatic N) is 1. The van der Waals surface area contributed by atoms with Crippen LogP contribution in [0.25, 0.3) is 6.08 Å². The summed E-state index contributed by atoms with van der Waals surface area (Å²) < 4.78 is 13.4. The molecule has 0 amide bonds. The van der Waals surface area contributed by atoms with Crippen LogP contribution in [0.3, 0.4) is 0 Å². The van der Waals surface area contributed by atoms with Crippen molar-refractivity contribution >= 4 is 11.8 Å². The first-order valence-corrected chi connectivity index (χ1v) is 6.97. The van der Waals surface area contributed by atoms with Crippen molar-refractivity contribution in [3.05, 3.63) is 35.7 Å². The summed E-state index contributed by atoms with van der Waals surface area (Å²) in [6.45, 7) is 3.26. The van der Waals surface area contributed by atoms with Gasteiger partial charge >= 0.3 is 0 Å². The molecule has 0 radical (unpaired) electrons. The van der Waals surface area contributed by atoms with E-state index in [9.17, 15) is 4.39 Å². The van der Waals surface area contributed by atoms with Crippen LogP contribution in [0, 0.1) is 11.7 Å². The van der Waals surface area contributed by atoms with Crippen LogP contribution >= 0.6 is 0 Å². The molecule has 2 heteroatoms. The van der Waals surface area contributed by atoms with Gasteiger partial charge in [-0.15, -0.1) is 0 Å². The first-order valence-electron chi connectivity index (χ1n) is 6.97. The number of benzene rings is 1. The molecule has 1 fully saturated rings. The number of rotatable bonds is 1. The second-order valence-electron chi connectivity index (χ2n) is 5.67. The highest BCUT2D eigenvalue weighted by molar-refractivity contribution is 5.71. The Morgan fingerprint density at radius 3 is 2.72 bits per heavy atom. The number of halogens is 1. The van der Waals surface area contributed by atoms with Gasteiger partial charge < -0.3 is 4.90 Å². The highest BCUT2D eigenvalue weighted by Crippen LogP contribution is 2.34. The molecule has 0 saturated heterocycles. The summed E-state index contributed by atoms with van der Waals surface area (Å²) in [5.74, 6) is 0.729. The molecule has 1 aromatic carbocycles. The van der Waals surface area contributed by atoms with Crippen molar-refractivity contribution in [2.24, 2.45) is 5.92 Å². The van der Waals surface area contributed by atoms with Crippen LogP contribution in [0.2, 0.25) is 0 Å². The van der Waals surface area contributed by atoms with Gasteiger partial charge in [0.15, 0.2) is 0 Å². The van der Waals surface area contributed by atoms with Crippen molar-refractivity contribution in [2.75, 3.05) is 11.4 Å². The lowest BCUT2D eigenvalue weighted by Gasteiger charge is -2.39. The van der Waals surface area contributed by atoms with Crippen LogP contribution in [-0.4, -0.2) is 12.6 Å². The Labute approximate surface area is 108 Å². The van der Waals surface area contributed by atoms with Gasteiger partial charge in [0.1, 0.15) is 5.82 Å². The maximum absolute atomic E-state index is 13.4. The van der Waals surface area contributed by atoms with E-state index in [-0.39, 0.29) is 5.82 Å². The van der Waals surface area contributed by atoms with E-state index >= 15 is 0 Å². The third-order valence-corrected chi connectivity index (χ3v) is 4.33. The van der Waals surface area contributed by atoms with E-state index in [1.807, 2.05) is 6.07 Å². The summed E-state index contributed by atoms with van der Waals surface area (Å²) in [5.41, 5.74) is 2.23. The summed E-state index contributed by atoms with van der Waals surface area (Å²) in [7, 11) is 0. The van der Waals surface area contributed by atoms with Crippen molar-refractivity contribution in [3.8, 4) is 0 Å². The average Bonchev–Trinajstić information content (AvgIpc) is 2.39. The first-order chi connectivity index (χ1) is 8.74. The van der Waals surface area contributed by atoms with Crippen molar-refractivity contribution in [1.82, 2.24) is 0 Å². The van der Waals surface area contributed by atoms with Gasteiger partial charge in [0.05, 0.1) is 0 Å². The summed E-state index contributed by atoms with van der Waals surface area (Å²) in [6, 6.07) is 5.72. The van der Waals surface area contributed by atoms with Gasteiger partial charge in [-0.25, -0.2) is 4.39 Å². The molecule has 0 unspecified atom stereocenters. The molecule has 1 saturated carbocycles. The van der Waals surface area contributed by atoms with Crippen LogP contribution < -0.4 is 4.90 Å². The second kappa shape index (κ2) is 4.75. The van der Waals surface area contributed by atoms with E-state index in [4.69, 9.17) is 0 Å². The minimum Gasteiger partial charge on any atom is -0.364 e. The minimum atomic E-state index is -0.127. The molecule has 3 rings (SSSR count). The quantitative estimate of drug-likeness (QED) is 0.715. The number of anilines is 1. The Morgan fingerprint density at radius 1 is 1.17 bits per heavy atom. The summed E-state index contributed by atoms with van der Waals surface area (Å²) in [6.07, 6.45) is 9.38. The molecule has 0 atom stereocenters. The molecule has 1 nitrogen and oxygen atoms in total. The molecular formula is C16H20FN. The monoisotopic (exact) mass is 245 g/mol. The van der Waals surface area contributed by atoms with Gasteiger partial charge in [0.2, 0.25) is 0 Å². The molecule has 1 aliphatic carbocycles. The van der Waals surface area contributed by atoms with Gasteiger partial charge in [-0.1, -0.05) is 25.1 Å². The maximum Gasteiger partial charge on any atom is 0.125 e. The largest absolute Gasteiger partial charge is 0.364 e. The fraction of sp³-hybridized carbons (Fsp3) is 0.500. The fourth-order valence-corrected chi connectivity index (χ4v) is 3.20. The maximum atomic E-state index is 13.4. The lowest BCUT2D eigenvalue weighted by atomic mass is 9.86. The lowest BCUT2D eigenvalue weighted by molar-refractivity contribution is 0.337. The van der Waals surface area contributed by atoms with E-state index < -0.39 is 0 Å². The standard InChI is InChI=1S/C16H20FN/c1-12-4-8-15(9-5-12)18-10-2-3-13-6-7-14(17)11-16(13)18/h2-3,6-7,11-12,15H,4-5,8-10H2,1H3. The SMILES string of the molecule is CC1CCC(N2CC=Cc3ccc(F)cc32)CC1. The van der Waals surface area contributed by atoms with Crippen LogP contribution in [0.5, 0.6) is 0 Å². The normalized spacial score (nSPS) is 27.1. The Hall–Kier alpha value is -1.31. The van der Waals surface area contributed by atoms with Crippen LogP contribution in [0.4, 0.5) is 10.1 Å². The van der Waals surface area contributed by atoms with Gasteiger partial charge in [-0.05, 0) is 49.3 Å². The summed E-state index contributed by atoms with van der Waals surface area (Å²) in [5, 5.41) is 0. The molecule has 1 aromatic rings. The van der Waals surface area contributed by atoms with E-state index in [2.05, 4.69) is 24.0 Å². The van der Waals surface area contributed by atoms with Crippen molar-refractivity contribution in [1.29, 1.82) is 0 Å². The zero-order valence-electron chi connectivity index (χ0n) is 10.9. The van der Waals surface area contributed by atoms with Crippen LogP contribution in [0.15, 0.2) is 24.3 Å². The van der Waals surface area contributed by atoms with E-state index in [1.165, 1.54) is 25.7 Å². The highest BCUT2D eigenvalue weighted by atomic mass is 19.1. The van der Waals surface area contributed by atoms with Gasteiger partial charge in [0.25, 0.3) is 0 Å². The molecule has 0 aromatic heterocycles. The van der Waals surface area contributed by atoms with Crippen molar-refractivity contribution < 1.29 is 4.39 Å². The Balaban J connectivity index is 1.86. The minimum absolute atomic E-state index is 0.127. The molecule has 96 valence electrons. The molecule has 1 aliphatic heterocycles. The van der Waals surface area contributed by atoms with E-state index in [0.29, 0.717) is 6.04 Å². The number of hydrogen-bond donors (Lipinski definition) is 0. The topological polar surface area (TPSA) is 3.24 Å². The molecule has 1 heterocycles. The van der Waals surface area contributed by atoms with Gasteiger partial charge in [0, 0.05) is 18.3 Å². The third-order valence-electron chi connectivity index (χ3n) is 4.33. The Kier molecular flexibility index (Phi) is 3.11. The second-order valence-corrected chi connectivity index (χ2v) is 5.67. The smallest absolute Gasteiger partial charge is 0.125 e. The average molecular weight is 245 g/mol. The summed E-state index contributed by atoms with van der Waals surface area (Å²) >= 11 is 0. The molecule has 2 aliphatic rings. The fourth-order valence-electron chi connectivity index (χ4n) is 3.20. The molecule has 18 heavy (non-hydrogen) atoms. The van der Waals surface area contributed by atoms with Crippen molar-refractivity contribution in [3.63, 3.8) is 0 Å². The van der Waals surface area contributed by atoms with Gasteiger partial charge in [-0.3, -0.25) is 0 Å². The van der Waals surface area contributed by atoms with E-state index in [1.54, 1.807) is 12.1 Å². The van der Waals surface area contributed by atoms with Crippen LogP contribution in [0.1, 0.15) is 38.2 Å². The highest BCUT2D eigenvalue weighted by Gasteiger charge is 2.26. The molecule has 0 N–H and O–H groups in total. The van der Waals surface area contributed by atoms with Gasteiger partial charge in [-0.2, -0.15) is 0 Å². The lowest BCUT2D eigenvalue weighted by Crippen LogP contribution is -2.39. The molecule has 0 bridgehead atoms. The van der Waals surface area contributed by atoms with E-state index in [0.717, 1.165) is 23.7 Å².